The number of amides is 1. The average Bonchev–Trinajstić information content (AvgIpc) is 3.21. The van der Waals surface area contributed by atoms with E-state index in [4.69, 9.17) is 4.74 Å². The minimum atomic E-state index is 0.0564. The third-order valence-corrected chi connectivity index (χ3v) is 4.52. The summed E-state index contributed by atoms with van der Waals surface area (Å²) < 4.78 is 7.16. The van der Waals surface area contributed by atoms with Crippen molar-refractivity contribution in [3.05, 3.63) is 53.3 Å². The van der Waals surface area contributed by atoms with Gasteiger partial charge in [0, 0.05) is 32.7 Å². The first-order valence-corrected chi connectivity index (χ1v) is 8.55. The maximum Gasteiger partial charge on any atom is 0.272 e. The lowest BCUT2D eigenvalue weighted by atomic mass is 10.1. The number of nitrogens with zero attached hydrogens (tertiary/aromatic N) is 3. The largest absolute Gasteiger partial charge is 0.381 e. The van der Waals surface area contributed by atoms with Gasteiger partial charge >= 0.3 is 0 Å². The number of benzene rings is 1. The molecule has 5 heteroatoms. The molecule has 0 N–H and O–H groups in total. The molecule has 1 saturated heterocycles. The van der Waals surface area contributed by atoms with Gasteiger partial charge in [0.05, 0.1) is 12.3 Å². The van der Waals surface area contributed by atoms with Crippen LogP contribution in [0.1, 0.15) is 28.2 Å². The van der Waals surface area contributed by atoms with Crippen molar-refractivity contribution >= 4 is 5.91 Å². The normalized spacial score (nSPS) is 17.2. The van der Waals surface area contributed by atoms with Crippen molar-refractivity contribution in [3.8, 4) is 0 Å². The minimum absolute atomic E-state index is 0.0564. The Balaban J connectivity index is 1.73. The number of aromatic nitrogens is 2. The average molecular weight is 327 g/mol. The lowest BCUT2D eigenvalue weighted by Gasteiger charge is -2.25. The number of aryl methyl sites for hydroxylation is 2. The molecule has 24 heavy (non-hydrogen) atoms. The molecule has 5 nitrogen and oxygen atoms in total. The molecule has 1 unspecified atom stereocenters. The van der Waals surface area contributed by atoms with Crippen LogP contribution in [0.2, 0.25) is 0 Å². The van der Waals surface area contributed by atoms with E-state index in [0.29, 0.717) is 18.2 Å². The van der Waals surface area contributed by atoms with E-state index in [-0.39, 0.29) is 5.91 Å². The molecule has 2 heterocycles. The number of hydrogen-bond donors (Lipinski definition) is 0. The molecule has 1 fully saturated rings. The third kappa shape index (κ3) is 4.03. The van der Waals surface area contributed by atoms with E-state index >= 15 is 0 Å². The highest BCUT2D eigenvalue weighted by Gasteiger charge is 2.25. The van der Waals surface area contributed by atoms with Crippen molar-refractivity contribution < 1.29 is 9.53 Å². The SMILES string of the molecule is Cc1cc(C(=O)N(CCc2ccccc2)CC2CCOC2)n(C)n1. The standard InChI is InChI=1S/C19H25N3O2/c1-15-12-18(21(2)20-15)19(23)22(13-17-9-11-24-14-17)10-8-16-6-4-3-5-7-16/h3-7,12,17H,8-11,13-14H2,1-2H3. The second-order valence-corrected chi connectivity index (χ2v) is 6.51. The Kier molecular flexibility index (Phi) is 5.30. The highest BCUT2D eigenvalue weighted by Crippen LogP contribution is 2.17. The summed E-state index contributed by atoms with van der Waals surface area (Å²) in [6, 6.07) is 12.2. The van der Waals surface area contributed by atoms with Gasteiger partial charge in [-0.1, -0.05) is 30.3 Å². The topological polar surface area (TPSA) is 47.4 Å². The van der Waals surface area contributed by atoms with E-state index < -0.39 is 0 Å². The van der Waals surface area contributed by atoms with E-state index in [1.807, 2.05) is 43.1 Å². The number of hydrogen-bond acceptors (Lipinski definition) is 3. The second kappa shape index (κ2) is 7.62. The zero-order chi connectivity index (χ0) is 16.9. The van der Waals surface area contributed by atoms with Gasteiger partial charge in [-0.3, -0.25) is 9.48 Å². The summed E-state index contributed by atoms with van der Waals surface area (Å²) in [5.74, 6) is 0.486. The monoisotopic (exact) mass is 327 g/mol. The van der Waals surface area contributed by atoms with E-state index in [0.717, 1.165) is 38.3 Å². The predicted molar refractivity (Wildman–Crippen MR) is 92.9 cm³/mol. The van der Waals surface area contributed by atoms with Crippen molar-refractivity contribution in [1.82, 2.24) is 14.7 Å². The molecule has 1 amide bonds. The third-order valence-electron chi connectivity index (χ3n) is 4.52. The molecule has 1 aromatic heterocycles. The zero-order valence-corrected chi connectivity index (χ0v) is 14.4. The van der Waals surface area contributed by atoms with Crippen molar-refractivity contribution in [2.75, 3.05) is 26.3 Å². The number of ether oxygens (including phenoxy) is 1. The quantitative estimate of drug-likeness (QED) is 0.819. The first-order chi connectivity index (χ1) is 11.6. The van der Waals surface area contributed by atoms with Gasteiger partial charge < -0.3 is 9.64 Å². The number of carbonyl (C=O) groups is 1. The fourth-order valence-electron chi connectivity index (χ4n) is 3.20. The molecule has 1 atom stereocenters. The Morgan fingerprint density at radius 3 is 2.79 bits per heavy atom. The summed E-state index contributed by atoms with van der Waals surface area (Å²) in [6.45, 7) is 4.92. The van der Waals surface area contributed by atoms with Gasteiger partial charge in [0.1, 0.15) is 5.69 Å². The van der Waals surface area contributed by atoms with Crippen LogP contribution in [0.4, 0.5) is 0 Å². The maximum atomic E-state index is 13.0. The molecule has 1 aliphatic rings. The minimum Gasteiger partial charge on any atom is -0.381 e. The zero-order valence-electron chi connectivity index (χ0n) is 14.4. The van der Waals surface area contributed by atoms with Crippen LogP contribution in [0.25, 0.3) is 0 Å². The molecule has 1 aromatic carbocycles. The molecular weight excluding hydrogens is 302 g/mol. The van der Waals surface area contributed by atoms with Crippen LogP contribution in [0.15, 0.2) is 36.4 Å². The van der Waals surface area contributed by atoms with Crippen molar-refractivity contribution in [2.24, 2.45) is 13.0 Å². The van der Waals surface area contributed by atoms with Gasteiger partial charge in [0.15, 0.2) is 0 Å². The summed E-state index contributed by atoms with van der Waals surface area (Å²) in [4.78, 5) is 15.0. The summed E-state index contributed by atoms with van der Waals surface area (Å²) >= 11 is 0. The van der Waals surface area contributed by atoms with Crippen molar-refractivity contribution in [2.45, 2.75) is 19.8 Å². The van der Waals surface area contributed by atoms with Gasteiger partial charge in [-0.05, 0) is 31.4 Å². The molecule has 0 spiro atoms. The summed E-state index contributed by atoms with van der Waals surface area (Å²) in [5.41, 5.74) is 2.77. The van der Waals surface area contributed by atoms with Gasteiger partial charge in [-0.25, -0.2) is 0 Å². The second-order valence-electron chi connectivity index (χ2n) is 6.51. The first kappa shape index (κ1) is 16.7. The molecule has 0 saturated carbocycles. The molecule has 0 radical (unpaired) electrons. The smallest absolute Gasteiger partial charge is 0.272 e. The number of rotatable bonds is 6. The highest BCUT2D eigenvalue weighted by atomic mass is 16.5. The summed E-state index contributed by atoms with van der Waals surface area (Å²) in [5, 5.41) is 4.31. The van der Waals surface area contributed by atoms with Crippen LogP contribution in [-0.2, 0) is 18.2 Å². The molecule has 1 aliphatic heterocycles. The molecular formula is C19H25N3O2. The Bertz CT molecular complexity index is 675. The van der Waals surface area contributed by atoms with Crippen molar-refractivity contribution in [1.29, 1.82) is 0 Å². The van der Waals surface area contributed by atoms with Gasteiger partial charge in [-0.2, -0.15) is 5.10 Å². The molecule has 0 bridgehead atoms. The van der Waals surface area contributed by atoms with E-state index in [9.17, 15) is 4.79 Å². The Hall–Kier alpha value is -2.14. The van der Waals surface area contributed by atoms with Gasteiger partial charge in [0.25, 0.3) is 5.91 Å². The summed E-state index contributed by atoms with van der Waals surface area (Å²) in [7, 11) is 1.83. The molecule has 2 aromatic rings. The lowest BCUT2D eigenvalue weighted by molar-refractivity contribution is 0.0711. The molecule has 128 valence electrons. The van der Waals surface area contributed by atoms with E-state index in [1.54, 1.807) is 4.68 Å². The van der Waals surface area contributed by atoms with Crippen LogP contribution in [0, 0.1) is 12.8 Å². The Morgan fingerprint density at radius 1 is 1.38 bits per heavy atom. The van der Waals surface area contributed by atoms with Crippen LogP contribution in [-0.4, -0.2) is 46.9 Å². The Morgan fingerprint density at radius 2 is 2.17 bits per heavy atom. The molecule has 3 rings (SSSR count). The maximum absolute atomic E-state index is 13.0. The van der Waals surface area contributed by atoms with Gasteiger partial charge in [0.2, 0.25) is 0 Å². The summed E-state index contributed by atoms with van der Waals surface area (Å²) in [6.07, 6.45) is 1.89. The van der Waals surface area contributed by atoms with Crippen LogP contribution >= 0.6 is 0 Å². The fraction of sp³-hybridized carbons (Fsp3) is 0.474. The van der Waals surface area contributed by atoms with Crippen LogP contribution in [0.5, 0.6) is 0 Å². The predicted octanol–water partition coefficient (Wildman–Crippen LogP) is 2.45. The fourth-order valence-corrected chi connectivity index (χ4v) is 3.20. The molecule has 0 aliphatic carbocycles. The first-order valence-electron chi connectivity index (χ1n) is 8.55. The van der Waals surface area contributed by atoms with Gasteiger partial charge in [-0.15, -0.1) is 0 Å². The highest BCUT2D eigenvalue weighted by molar-refractivity contribution is 5.92. The van der Waals surface area contributed by atoms with Crippen molar-refractivity contribution in [3.63, 3.8) is 0 Å². The lowest BCUT2D eigenvalue weighted by Crippen LogP contribution is -2.38. The van der Waals surface area contributed by atoms with Crippen LogP contribution < -0.4 is 0 Å². The number of carbonyl (C=O) groups excluding carboxylic acids is 1. The van der Waals surface area contributed by atoms with E-state index in [1.165, 1.54) is 5.56 Å². The van der Waals surface area contributed by atoms with Crippen LogP contribution in [0.3, 0.4) is 0 Å². The van der Waals surface area contributed by atoms with E-state index in [2.05, 4.69) is 17.2 Å². The Labute approximate surface area is 143 Å².